The largest absolute Gasteiger partial charge is 0.383 e. The number of amides is 3. The molecule has 1 unspecified atom stereocenters. The number of methoxy groups -OCH3 is 1. The predicted octanol–water partition coefficient (Wildman–Crippen LogP) is 3.72. The summed E-state index contributed by atoms with van der Waals surface area (Å²) in [6.07, 6.45) is 1.29. The monoisotopic (exact) mass is 465 g/mol. The molecule has 1 atom stereocenters. The quantitative estimate of drug-likeness (QED) is 0.557. The first kappa shape index (κ1) is 26.1. The van der Waals surface area contributed by atoms with Gasteiger partial charge in [-0.2, -0.15) is 0 Å². The second-order valence-corrected chi connectivity index (χ2v) is 10.2. The zero-order chi connectivity index (χ0) is 24.1. The van der Waals surface area contributed by atoms with Gasteiger partial charge in [-0.15, -0.1) is 0 Å². The van der Waals surface area contributed by atoms with Crippen LogP contribution in [0.25, 0.3) is 0 Å². The third-order valence-electron chi connectivity index (χ3n) is 5.55. The molecule has 1 aromatic carbocycles. The molecular formula is C24H36ClN3O4. The molecule has 0 bridgehead atoms. The number of hydrogen-bond acceptors (Lipinski definition) is 4. The SMILES string of the molecule is COCCN(CC(=O)N1CC(=O)N(c2cccc(Cl)c2C)C1)C(=O)CC(C)CC(C)(C)C. The summed E-state index contributed by atoms with van der Waals surface area (Å²) >= 11 is 6.20. The molecule has 32 heavy (non-hydrogen) atoms. The van der Waals surface area contributed by atoms with Crippen molar-refractivity contribution in [1.82, 2.24) is 9.80 Å². The number of carbonyl (C=O) groups excluding carboxylic acids is 3. The van der Waals surface area contributed by atoms with Crippen LogP contribution in [0.1, 0.15) is 46.1 Å². The van der Waals surface area contributed by atoms with Crippen LogP contribution in [-0.2, 0) is 19.1 Å². The molecule has 1 aliphatic rings. The maximum absolute atomic E-state index is 13.0. The van der Waals surface area contributed by atoms with Crippen LogP contribution in [0.4, 0.5) is 5.69 Å². The highest BCUT2D eigenvalue weighted by Crippen LogP contribution is 2.29. The van der Waals surface area contributed by atoms with Gasteiger partial charge in [-0.3, -0.25) is 19.3 Å². The summed E-state index contributed by atoms with van der Waals surface area (Å²) in [7, 11) is 1.57. The summed E-state index contributed by atoms with van der Waals surface area (Å²) in [6, 6.07) is 5.37. The molecular weight excluding hydrogens is 430 g/mol. The van der Waals surface area contributed by atoms with E-state index in [2.05, 4.69) is 27.7 Å². The molecule has 8 heteroatoms. The van der Waals surface area contributed by atoms with Crippen molar-refractivity contribution in [3.8, 4) is 0 Å². The highest BCUT2D eigenvalue weighted by Gasteiger charge is 2.34. The summed E-state index contributed by atoms with van der Waals surface area (Å²) in [4.78, 5) is 43.1. The third-order valence-corrected chi connectivity index (χ3v) is 5.96. The lowest BCUT2D eigenvalue weighted by Crippen LogP contribution is -2.44. The molecule has 0 aliphatic carbocycles. The molecule has 3 amide bonds. The standard InChI is InChI=1S/C24H36ClN3O4/c1-17(13-24(3,4)5)12-21(29)26(10-11-32-6)14-22(30)27-15-23(31)28(16-27)20-9-7-8-19(25)18(20)2/h7-9,17H,10-16H2,1-6H3. The van der Waals surface area contributed by atoms with Crippen molar-refractivity contribution in [3.05, 3.63) is 28.8 Å². The van der Waals surface area contributed by atoms with Crippen molar-refractivity contribution in [1.29, 1.82) is 0 Å². The number of ether oxygens (including phenoxy) is 1. The third kappa shape index (κ3) is 7.20. The molecule has 0 radical (unpaired) electrons. The second-order valence-electron chi connectivity index (χ2n) is 9.82. The zero-order valence-corrected chi connectivity index (χ0v) is 20.9. The van der Waals surface area contributed by atoms with Crippen LogP contribution in [0, 0.1) is 18.3 Å². The van der Waals surface area contributed by atoms with Crippen LogP contribution in [0.2, 0.25) is 5.02 Å². The molecule has 7 nitrogen and oxygen atoms in total. The van der Waals surface area contributed by atoms with Crippen LogP contribution < -0.4 is 4.90 Å². The molecule has 1 aromatic rings. The number of carbonyl (C=O) groups is 3. The fraction of sp³-hybridized carbons (Fsp3) is 0.625. The second kappa shape index (κ2) is 11.1. The number of halogens is 1. The minimum atomic E-state index is -0.256. The van der Waals surface area contributed by atoms with Gasteiger partial charge in [0, 0.05) is 30.8 Å². The average Bonchev–Trinajstić information content (AvgIpc) is 3.07. The molecule has 0 spiro atoms. The summed E-state index contributed by atoms with van der Waals surface area (Å²) in [5.41, 5.74) is 1.62. The van der Waals surface area contributed by atoms with Crippen LogP contribution in [-0.4, -0.2) is 67.5 Å². The molecule has 1 fully saturated rings. The van der Waals surface area contributed by atoms with Gasteiger partial charge in [-0.05, 0) is 42.4 Å². The van der Waals surface area contributed by atoms with E-state index in [0.717, 1.165) is 12.0 Å². The lowest BCUT2D eigenvalue weighted by atomic mass is 9.84. The van der Waals surface area contributed by atoms with Gasteiger partial charge in [-0.25, -0.2) is 0 Å². The van der Waals surface area contributed by atoms with E-state index in [0.29, 0.717) is 30.3 Å². The Morgan fingerprint density at radius 3 is 2.59 bits per heavy atom. The molecule has 0 saturated carbocycles. The van der Waals surface area contributed by atoms with Crippen molar-refractivity contribution in [2.24, 2.45) is 11.3 Å². The molecule has 1 heterocycles. The van der Waals surface area contributed by atoms with Crippen molar-refractivity contribution in [2.45, 2.75) is 47.5 Å². The van der Waals surface area contributed by atoms with Gasteiger partial charge in [0.25, 0.3) is 0 Å². The Bertz CT molecular complexity index is 837. The molecule has 1 aliphatic heterocycles. The molecule has 0 aromatic heterocycles. The van der Waals surface area contributed by atoms with Crippen molar-refractivity contribution >= 4 is 35.0 Å². The van der Waals surface area contributed by atoms with Crippen LogP contribution >= 0.6 is 11.6 Å². The van der Waals surface area contributed by atoms with E-state index in [-0.39, 0.29) is 48.8 Å². The Morgan fingerprint density at radius 1 is 1.28 bits per heavy atom. The smallest absolute Gasteiger partial charge is 0.248 e. The molecule has 1 saturated heterocycles. The van der Waals surface area contributed by atoms with Crippen LogP contribution in [0.15, 0.2) is 18.2 Å². The number of rotatable bonds is 9. The van der Waals surface area contributed by atoms with Crippen LogP contribution in [0.3, 0.4) is 0 Å². The van der Waals surface area contributed by atoms with Gasteiger partial charge < -0.3 is 14.5 Å². The minimum absolute atomic E-state index is 0.0163. The fourth-order valence-electron chi connectivity index (χ4n) is 4.12. The normalized spacial score (nSPS) is 15.3. The first-order valence-corrected chi connectivity index (χ1v) is 11.4. The van der Waals surface area contributed by atoms with E-state index >= 15 is 0 Å². The maximum atomic E-state index is 13.0. The fourth-order valence-corrected chi connectivity index (χ4v) is 4.29. The van der Waals surface area contributed by atoms with Gasteiger partial charge in [0.15, 0.2) is 0 Å². The van der Waals surface area contributed by atoms with Gasteiger partial charge >= 0.3 is 0 Å². The van der Waals surface area contributed by atoms with E-state index in [1.165, 1.54) is 4.90 Å². The molecule has 178 valence electrons. The van der Waals surface area contributed by atoms with Gasteiger partial charge in [0.05, 0.1) is 13.2 Å². The van der Waals surface area contributed by atoms with Crippen molar-refractivity contribution in [2.75, 3.05) is 44.9 Å². The Hall–Kier alpha value is -2.12. The Balaban J connectivity index is 2.05. The predicted molar refractivity (Wildman–Crippen MR) is 127 cm³/mol. The summed E-state index contributed by atoms with van der Waals surface area (Å²) < 4.78 is 5.14. The average molecular weight is 466 g/mol. The lowest BCUT2D eigenvalue weighted by molar-refractivity contribution is -0.141. The highest BCUT2D eigenvalue weighted by atomic mass is 35.5. The van der Waals surface area contributed by atoms with Gasteiger partial charge in [0.1, 0.15) is 13.2 Å². The number of anilines is 1. The zero-order valence-electron chi connectivity index (χ0n) is 20.1. The summed E-state index contributed by atoms with van der Waals surface area (Å²) in [6.45, 7) is 11.1. The summed E-state index contributed by atoms with van der Waals surface area (Å²) in [5, 5.41) is 0.570. The maximum Gasteiger partial charge on any atom is 0.248 e. The van der Waals surface area contributed by atoms with E-state index in [1.54, 1.807) is 29.0 Å². The Kier molecular flexibility index (Phi) is 9.10. The van der Waals surface area contributed by atoms with E-state index in [1.807, 2.05) is 13.0 Å². The minimum Gasteiger partial charge on any atom is -0.383 e. The molecule has 0 N–H and O–H groups in total. The number of benzene rings is 1. The highest BCUT2D eigenvalue weighted by molar-refractivity contribution is 6.31. The first-order valence-electron chi connectivity index (χ1n) is 11.0. The summed E-state index contributed by atoms with van der Waals surface area (Å²) in [5.74, 6) is -0.289. The van der Waals surface area contributed by atoms with E-state index < -0.39 is 0 Å². The number of hydrogen-bond donors (Lipinski definition) is 0. The van der Waals surface area contributed by atoms with E-state index in [4.69, 9.17) is 16.3 Å². The van der Waals surface area contributed by atoms with Gasteiger partial charge in [0.2, 0.25) is 17.7 Å². The van der Waals surface area contributed by atoms with Crippen molar-refractivity contribution in [3.63, 3.8) is 0 Å². The number of nitrogens with zero attached hydrogens (tertiary/aromatic N) is 3. The van der Waals surface area contributed by atoms with Crippen LogP contribution in [0.5, 0.6) is 0 Å². The molecule has 2 rings (SSSR count). The first-order chi connectivity index (χ1) is 14.9. The Morgan fingerprint density at radius 2 is 1.97 bits per heavy atom. The van der Waals surface area contributed by atoms with Gasteiger partial charge in [-0.1, -0.05) is 45.4 Å². The van der Waals surface area contributed by atoms with Crippen molar-refractivity contribution < 1.29 is 19.1 Å². The topological polar surface area (TPSA) is 70.2 Å². The lowest BCUT2D eigenvalue weighted by Gasteiger charge is -2.28. The Labute approximate surface area is 196 Å². The van der Waals surface area contributed by atoms with E-state index in [9.17, 15) is 14.4 Å².